The summed E-state index contributed by atoms with van der Waals surface area (Å²) in [5.74, 6) is 1.29. The lowest BCUT2D eigenvalue weighted by Gasteiger charge is -2.27. The molecule has 27 heavy (non-hydrogen) atoms. The molecule has 2 unspecified atom stereocenters. The molecular weight excluding hydrogens is 359 g/mol. The molecule has 0 saturated carbocycles. The number of ether oxygens (including phenoxy) is 3. The van der Waals surface area contributed by atoms with E-state index in [1.807, 2.05) is 6.92 Å². The number of rotatable bonds is 9. The van der Waals surface area contributed by atoms with Crippen LogP contribution in [0.5, 0.6) is 11.5 Å². The maximum Gasteiger partial charge on any atom is 0.416 e. The molecule has 0 aromatic heterocycles. The zero-order valence-corrected chi connectivity index (χ0v) is 15.5. The molecule has 148 valence electrons. The molecule has 4 nitrogen and oxygen atoms in total. The lowest BCUT2D eigenvalue weighted by Crippen LogP contribution is -2.34. The van der Waals surface area contributed by atoms with Gasteiger partial charge in [0.25, 0.3) is 0 Å². The Morgan fingerprint density at radius 2 is 1.56 bits per heavy atom. The number of halogens is 3. The fraction of sp³-hybridized carbons (Fsp3) is 0.400. The summed E-state index contributed by atoms with van der Waals surface area (Å²) in [5.41, 5.74) is -0.104. The topological polar surface area (TPSA) is 39.7 Å². The van der Waals surface area contributed by atoms with E-state index in [0.29, 0.717) is 24.5 Å². The molecule has 0 aliphatic carbocycles. The van der Waals surface area contributed by atoms with Gasteiger partial charge in [-0.3, -0.25) is 0 Å². The molecule has 0 radical (unpaired) electrons. The van der Waals surface area contributed by atoms with Crippen molar-refractivity contribution >= 4 is 0 Å². The van der Waals surface area contributed by atoms with Gasteiger partial charge in [0, 0.05) is 13.7 Å². The molecule has 2 aromatic rings. The first-order valence-electron chi connectivity index (χ1n) is 8.63. The van der Waals surface area contributed by atoms with Gasteiger partial charge in [-0.15, -0.1) is 0 Å². The van der Waals surface area contributed by atoms with Crippen LogP contribution in [0.2, 0.25) is 0 Å². The van der Waals surface area contributed by atoms with Gasteiger partial charge in [-0.2, -0.15) is 13.2 Å². The third-order valence-electron chi connectivity index (χ3n) is 4.01. The van der Waals surface area contributed by atoms with Gasteiger partial charge in [0.15, 0.2) is 6.10 Å². The van der Waals surface area contributed by atoms with Gasteiger partial charge in [0.2, 0.25) is 0 Å². The van der Waals surface area contributed by atoms with Gasteiger partial charge >= 0.3 is 6.18 Å². The molecule has 2 aromatic carbocycles. The normalized spacial score (nSPS) is 13.9. The summed E-state index contributed by atoms with van der Waals surface area (Å²) in [5, 5.41) is 3.01. The summed E-state index contributed by atoms with van der Waals surface area (Å²) < 4.78 is 55.5. The Morgan fingerprint density at radius 1 is 0.963 bits per heavy atom. The Labute approximate surface area is 157 Å². The largest absolute Gasteiger partial charge is 0.494 e. The van der Waals surface area contributed by atoms with Crippen LogP contribution in [-0.4, -0.2) is 33.4 Å². The zero-order valence-electron chi connectivity index (χ0n) is 15.5. The molecular formula is C20H24F3NO3. The van der Waals surface area contributed by atoms with Crippen molar-refractivity contribution in [2.45, 2.75) is 25.3 Å². The average Bonchev–Trinajstić information content (AvgIpc) is 2.65. The highest BCUT2D eigenvalue weighted by Crippen LogP contribution is 2.32. The summed E-state index contributed by atoms with van der Waals surface area (Å²) in [7, 11) is 3.31. The smallest absolute Gasteiger partial charge is 0.416 e. The molecule has 1 N–H and O–H groups in total. The van der Waals surface area contributed by atoms with Crippen LogP contribution < -0.4 is 14.8 Å². The molecule has 0 spiro atoms. The Kier molecular flexibility index (Phi) is 7.50. The SMILES string of the molecule is CCOc1ccc(OC(c2ccc(C(F)(F)F)cc2)C(CNC)OC)cc1. The Morgan fingerprint density at radius 3 is 2.04 bits per heavy atom. The first-order chi connectivity index (χ1) is 12.9. The molecule has 0 aliphatic rings. The fourth-order valence-corrected chi connectivity index (χ4v) is 2.66. The molecule has 7 heteroatoms. The molecule has 0 amide bonds. The van der Waals surface area contributed by atoms with E-state index in [1.165, 1.54) is 12.1 Å². The van der Waals surface area contributed by atoms with E-state index in [4.69, 9.17) is 14.2 Å². The Hall–Kier alpha value is -2.25. The van der Waals surface area contributed by atoms with Crippen molar-refractivity contribution in [3.8, 4) is 11.5 Å². The van der Waals surface area contributed by atoms with Crippen LogP contribution in [-0.2, 0) is 10.9 Å². The highest BCUT2D eigenvalue weighted by molar-refractivity contribution is 5.33. The highest BCUT2D eigenvalue weighted by Gasteiger charge is 2.31. The molecule has 2 atom stereocenters. The molecule has 0 saturated heterocycles. The van der Waals surface area contributed by atoms with Crippen LogP contribution >= 0.6 is 0 Å². The highest BCUT2D eigenvalue weighted by atomic mass is 19.4. The molecule has 0 aliphatic heterocycles. The van der Waals surface area contributed by atoms with Crippen molar-refractivity contribution in [1.82, 2.24) is 5.32 Å². The van der Waals surface area contributed by atoms with Crippen LogP contribution in [0.25, 0.3) is 0 Å². The molecule has 0 fully saturated rings. The Balaban J connectivity index is 2.27. The van der Waals surface area contributed by atoms with Crippen molar-refractivity contribution in [3.05, 3.63) is 59.7 Å². The van der Waals surface area contributed by atoms with Crippen LogP contribution in [0.3, 0.4) is 0 Å². The summed E-state index contributed by atoms with van der Waals surface area (Å²) >= 11 is 0. The molecule has 2 rings (SSSR count). The number of hydrogen-bond acceptors (Lipinski definition) is 4. The maximum absolute atomic E-state index is 12.8. The summed E-state index contributed by atoms with van der Waals surface area (Å²) in [6.45, 7) is 2.92. The van der Waals surface area contributed by atoms with Crippen LogP contribution in [0, 0.1) is 0 Å². The van der Waals surface area contributed by atoms with Crippen molar-refractivity contribution in [3.63, 3.8) is 0 Å². The van der Waals surface area contributed by atoms with Crippen LogP contribution in [0.15, 0.2) is 48.5 Å². The van der Waals surface area contributed by atoms with E-state index in [2.05, 4.69) is 5.32 Å². The number of benzene rings is 2. The van der Waals surface area contributed by atoms with Gasteiger partial charge in [-0.1, -0.05) is 12.1 Å². The third kappa shape index (κ3) is 5.87. The minimum absolute atomic E-state index is 0.390. The van der Waals surface area contributed by atoms with E-state index < -0.39 is 23.9 Å². The van der Waals surface area contributed by atoms with Crippen LogP contribution in [0.4, 0.5) is 13.2 Å². The average molecular weight is 383 g/mol. The second kappa shape index (κ2) is 9.62. The van der Waals surface area contributed by atoms with Crippen molar-refractivity contribution < 1.29 is 27.4 Å². The van der Waals surface area contributed by atoms with Crippen molar-refractivity contribution in [1.29, 1.82) is 0 Å². The summed E-state index contributed by atoms with van der Waals surface area (Å²) in [6, 6.07) is 12.0. The van der Waals surface area contributed by atoms with E-state index in [1.54, 1.807) is 38.4 Å². The number of methoxy groups -OCH3 is 1. The van der Waals surface area contributed by atoms with E-state index >= 15 is 0 Å². The summed E-state index contributed by atoms with van der Waals surface area (Å²) in [4.78, 5) is 0. The second-order valence-corrected chi connectivity index (χ2v) is 5.89. The van der Waals surface area contributed by atoms with E-state index in [0.717, 1.165) is 17.9 Å². The van der Waals surface area contributed by atoms with E-state index in [-0.39, 0.29) is 0 Å². The fourth-order valence-electron chi connectivity index (χ4n) is 2.66. The zero-order chi connectivity index (χ0) is 19.9. The van der Waals surface area contributed by atoms with Gasteiger partial charge in [-0.05, 0) is 55.9 Å². The first kappa shape index (κ1) is 21.1. The number of nitrogens with one attached hydrogen (secondary N) is 1. The minimum Gasteiger partial charge on any atom is -0.494 e. The lowest BCUT2D eigenvalue weighted by molar-refractivity contribution is -0.137. The molecule has 0 bridgehead atoms. The number of alkyl halides is 3. The number of hydrogen-bond donors (Lipinski definition) is 1. The standard InChI is InChI=1S/C20H24F3NO3/c1-4-26-16-9-11-17(12-10-16)27-19(18(25-3)13-24-2)14-5-7-15(8-6-14)20(21,22)23/h5-12,18-19,24H,4,13H2,1-3H3. The lowest BCUT2D eigenvalue weighted by atomic mass is 10.0. The van der Waals surface area contributed by atoms with Crippen molar-refractivity contribution in [2.24, 2.45) is 0 Å². The van der Waals surface area contributed by atoms with Gasteiger partial charge in [-0.25, -0.2) is 0 Å². The summed E-state index contributed by atoms with van der Waals surface area (Å²) in [6.07, 6.45) is -5.35. The molecule has 0 heterocycles. The third-order valence-corrected chi connectivity index (χ3v) is 4.01. The first-order valence-corrected chi connectivity index (χ1v) is 8.63. The predicted octanol–water partition coefficient (Wildman–Crippen LogP) is 4.46. The maximum atomic E-state index is 12.8. The number of likely N-dealkylation sites (N-methyl/N-ethyl adjacent to an activating group) is 1. The van der Waals surface area contributed by atoms with Crippen molar-refractivity contribution in [2.75, 3.05) is 27.3 Å². The predicted molar refractivity (Wildman–Crippen MR) is 97.1 cm³/mol. The van der Waals surface area contributed by atoms with Crippen LogP contribution in [0.1, 0.15) is 24.2 Å². The van der Waals surface area contributed by atoms with Gasteiger partial charge in [0.1, 0.15) is 17.6 Å². The monoisotopic (exact) mass is 383 g/mol. The quantitative estimate of drug-likeness (QED) is 0.694. The van der Waals surface area contributed by atoms with Gasteiger partial charge in [0.05, 0.1) is 12.2 Å². The van der Waals surface area contributed by atoms with E-state index in [9.17, 15) is 13.2 Å². The second-order valence-electron chi connectivity index (χ2n) is 5.89. The Bertz CT molecular complexity index is 687. The van der Waals surface area contributed by atoms with Gasteiger partial charge < -0.3 is 19.5 Å². The minimum atomic E-state index is -4.38.